The summed E-state index contributed by atoms with van der Waals surface area (Å²) in [6.07, 6.45) is 0.664. The number of amides is 1. The average molecular weight is 331 g/mol. The second-order valence-electron chi connectivity index (χ2n) is 6.15. The highest BCUT2D eigenvalue weighted by molar-refractivity contribution is 5.92. The molecule has 0 bridgehead atoms. The Morgan fingerprint density at radius 1 is 1.42 bits per heavy atom. The monoisotopic (exact) mass is 331 g/mol. The van der Waals surface area contributed by atoms with Gasteiger partial charge in [-0.25, -0.2) is 9.37 Å². The number of piperazine rings is 1. The molecule has 0 aliphatic carbocycles. The van der Waals surface area contributed by atoms with Crippen molar-refractivity contribution >= 4 is 11.6 Å². The van der Waals surface area contributed by atoms with Crippen molar-refractivity contribution in [1.29, 1.82) is 0 Å². The number of carbonyl (C=O) groups is 1. The number of hydrogen-bond acceptors (Lipinski definition) is 4. The van der Waals surface area contributed by atoms with Gasteiger partial charge < -0.3 is 14.2 Å². The highest BCUT2D eigenvalue weighted by atomic mass is 19.1. The smallest absolute Gasteiger partial charge is 0.291 e. The lowest BCUT2D eigenvalue weighted by molar-refractivity contribution is 0.0638. The SMILES string of the molecule is CCc1nc(C)c(C(=O)N2CCN(c3cccc(F)c3)CC2C)o1. The number of carbonyl (C=O) groups excluding carboxylic acids is 1. The lowest BCUT2D eigenvalue weighted by atomic mass is 10.1. The lowest BCUT2D eigenvalue weighted by Crippen LogP contribution is -2.54. The van der Waals surface area contributed by atoms with Gasteiger partial charge in [0.2, 0.25) is 5.76 Å². The maximum atomic E-state index is 13.4. The molecule has 24 heavy (non-hydrogen) atoms. The molecule has 1 aromatic heterocycles. The van der Waals surface area contributed by atoms with Crippen molar-refractivity contribution in [2.75, 3.05) is 24.5 Å². The zero-order valence-corrected chi connectivity index (χ0v) is 14.3. The maximum absolute atomic E-state index is 13.4. The number of rotatable bonds is 3. The summed E-state index contributed by atoms with van der Waals surface area (Å²) in [5.74, 6) is 0.550. The molecule has 1 amide bonds. The molecule has 6 heteroatoms. The number of aryl methyl sites for hydroxylation is 2. The highest BCUT2D eigenvalue weighted by Crippen LogP contribution is 2.22. The van der Waals surface area contributed by atoms with E-state index in [1.807, 2.05) is 24.8 Å². The molecular formula is C18H22FN3O2. The predicted octanol–water partition coefficient (Wildman–Crippen LogP) is 3.04. The number of hydrogen-bond donors (Lipinski definition) is 0. The molecule has 1 unspecified atom stereocenters. The van der Waals surface area contributed by atoms with Crippen LogP contribution < -0.4 is 4.90 Å². The van der Waals surface area contributed by atoms with Crippen molar-refractivity contribution in [3.05, 3.63) is 47.4 Å². The first-order chi connectivity index (χ1) is 11.5. The van der Waals surface area contributed by atoms with Crippen LogP contribution in [0.3, 0.4) is 0 Å². The number of oxazole rings is 1. The van der Waals surface area contributed by atoms with Gasteiger partial charge in [0.15, 0.2) is 5.89 Å². The van der Waals surface area contributed by atoms with Gasteiger partial charge >= 0.3 is 0 Å². The molecule has 3 rings (SSSR count). The van der Waals surface area contributed by atoms with E-state index in [0.29, 0.717) is 43.4 Å². The summed E-state index contributed by atoms with van der Waals surface area (Å²) in [6.45, 7) is 7.62. The molecule has 0 spiro atoms. The Labute approximate surface area is 141 Å². The Morgan fingerprint density at radius 3 is 2.83 bits per heavy atom. The Hall–Kier alpha value is -2.37. The fourth-order valence-corrected chi connectivity index (χ4v) is 3.10. The number of benzene rings is 1. The zero-order valence-electron chi connectivity index (χ0n) is 14.3. The van der Waals surface area contributed by atoms with Crippen LogP contribution in [0, 0.1) is 12.7 Å². The van der Waals surface area contributed by atoms with E-state index in [1.165, 1.54) is 12.1 Å². The molecule has 128 valence electrons. The molecule has 1 fully saturated rings. The van der Waals surface area contributed by atoms with Crippen molar-refractivity contribution in [2.24, 2.45) is 0 Å². The second-order valence-corrected chi connectivity index (χ2v) is 6.15. The first kappa shape index (κ1) is 16.5. The third-order valence-electron chi connectivity index (χ3n) is 4.40. The molecule has 2 aromatic rings. The Morgan fingerprint density at radius 2 is 2.21 bits per heavy atom. The highest BCUT2D eigenvalue weighted by Gasteiger charge is 2.31. The van der Waals surface area contributed by atoms with E-state index in [0.717, 1.165) is 5.69 Å². The van der Waals surface area contributed by atoms with Crippen LogP contribution >= 0.6 is 0 Å². The predicted molar refractivity (Wildman–Crippen MR) is 89.7 cm³/mol. The summed E-state index contributed by atoms with van der Waals surface area (Å²) in [7, 11) is 0. The quantitative estimate of drug-likeness (QED) is 0.867. The first-order valence-corrected chi connectivity index (χ1v) is 8.27. The van der Waals surface area contributed by atoms with E-state index in [2.05, 4.69) is 9.88 Å². The first-order valence-electron chi connectivity index (χ1n) is 8.27. The van der Waals surface area contributed by atoms with Crippen LogP contribution in [-0.2, 0) is 6.42 Å². The number of nitrogens with zero attached hydrogens (tertiary/aromatic N) is 3. The van der Waals surface area contributed by atoms with Crippen LogP contribution in [0.15, 0.2) is 28.7 Å². The zero-order chi connectivity index (χ0) is 17.3. The molecule has 0 saturated carbocycles. The maximum Gasteiger partial charge on any atom is 0.291 e. The largest absolute Gasteiger partial charge is 0.435 e. The molecule has 1 saturated heterocycles. The molecule has 0 N–H and O–H groups in total. The number of anilines is 1. The van der Waals surface area contributed by atoms with Gasteiger partial charge in [-0.1, -0.05) is 13.0 Å². The molecule has 1 atom stereocenters. The van der Waals surface area contributed by atoms with E-state index in [1.54, 1.807) is 13.0 Å². The van der Waals surface area contributed by atoms with Gasteiger partial charge in [-0.2, -0.15) is 0 Å². The van der Waals surface area contributed by atoms with Gasteiger partial charge in [0, 0.05) is 37.8 Å². The average Bonchev–Trinajstić information content (AvgIpc) is 2.95. The van der Waals surface area contributed by atoms with Crippen LogP contribution in [0.2, 0.25) is 0 Å². The van der Waals surface area contributed by atoms with Gasteiger partial charge in [0.1, 0.15) is 5.82 Å². The van der Waals surface area contributed by atoms with Gasteiger partial charge in [-0.3, -0.25) is 4.79 Å². The van der Waals surface area contributed by atoms with E-state index < -0.39 is 0 Å². The third kappa shape index (κ3) is 3.13. The van der Waals surface area contributed by atoms with Gasteiger partial charge in [0.05, 0.1) is 5.69 Å². The van der Waals surface area contributed by atoms with Crippen LogP contribution in [0.5, 0.6) is 0 Å². The number of aromatic nitrogens is 1. The van der Waals surface area contributed by atoms with Gasteiger partial charge in [-0.05, 0) is 32.0 Å². The summed E-state index contributed by atoms with van der Waals surface area (Å²) in [5.41, 5.74) is 1.48. The van der Waals surface area contributed by atoms with Crippen molar-refractivity contribution in [3.8, 4) is 0 Å². The Bertz CT molecular complexity index is 744. The molecule has 1 aromatic carbocycles. The van der Waals surface area contributed by atoms with Crippen molar-refractivity contribution in [1.82, 2.24) is 9.88 Å². The molecule has 2 heterocycles. The lowest BCUT2D eigenvalue weighted by Gasteiger charge is -2.40. The normalized spacial score (nSPS) is 18.1. The number of halogens is 1. The minimum atomic E-state index is -0.247. The summed E-state index contributed by atoms with van der Waals surface area (Å²) in [5, 5.41) is 0. The van der Waals surface area contributed by atoms with Crippen molar-refractivity contribution < 1.29 is 13.6 Å². The third-order valence-corrected chi connectivity index (χ3v) is 4.40. The molecule has 1 aliphatic rings. The second kappa shape index (κ2) is 6.63. The Balaban J connectivity index is 1.73. The van der Waals surface area contributed by atoms with Gasteiger partial charge in [0.25, 0.3) is 5.91 Å². The minimum absolute atomic E-state index is 0.00379. The van der Waals surface area contributed by atoms with Crippen molar-refractivity contribution in [2.45, 2.75) is 33.2 Å². The Kier molecular flexibility index (Phi) is 4.55. The van der Waals surface area contributed by atoms with Crippen LogP contribution in [-0.4, -0.2) is 41.5 Å². The summed E-state index contributed by atoms with van der Waals surface area (Å²) < 4.78 is 19.0. The van der Waals surface area contributed by atoms with Gasteiger partial charge in [-0.15, -0.1) is 0 Å². The molecule has 0 radical (unpaired) electrons. The van der Waals surface area contributed by atoms with E-state index in [9.17, 15) is 9.18 Å². The molecular weight excluding hydrogens is 309 g/mol. The minimum Gasteiger partial charge on any atom is -0.435 e. The van der Waals surface area contributed by atoms with E-state index in [4.69, 9.17) is 4.42 Å². The molecule has 1 aliphatic heterocycles. The molecule has 5 nitrogen and oxygen atoms in total. The fourth-order valence-electron chi connectivity index (χ4n) is 3.10. The van der Waals surface area contributed by atoms with Crippen molar-refractivity contribution in [3.63, 3.8) is 0 Å². The summed E-state index contributed by atoms with van der Waals surface area (Å²) >= 11 is 0. The van der Waals surface area contributed by atoms with Crippen LogP contribution in [0.25, 0.3) is 0 Å². The van der Waals surface area contributed by atoms with E-state index in [-0.39, 0.29) is 17.8 Å². The standard InChI is InChI=1S/C18H22FN3O2/c1-4-16-20-13(3)17(24-16)18(23)22-9-8-21(11-12(22)2)15-7-5-6-14(19)10-15/h5-7,10,12H,4,8-9,11H2,1-3H3. The van der Waals surface area contributed by atoms with Crippen LogP contribution in [0.1, 0.15) is 36.0 Å². The fraction of sp³-hybridized carbons (Fsp3) is 0.444. The summed E-state index contributed by atoms with van der Waals surface area (Å²) in [6, 6.07) is 6.56. The van der Waals surface area contributed by atoms with Crippen LogP contribution in [0.4, 0.5) is 10.1 Å². The summed E-state index contributed by atoms with van der Waals surface area (Å²) in [4.78, 5) is 21.0. The topological polar surface area (TPSA) is 49.6 Å². The van der Waals surface area contributed by atoms with E-state index >= 15 is 0 Å².